The van der Waals surface area contributed by atoms with E-state index in [4.69, 9.17) is 18.3 Å². The van der Waals surface area contributed by atoms with Gasteiger partial charge in [-0.05, 0) is 30.3 Å². The van der Waals surface area contributed by atoms with Crippen molar-refractivity contribution in [1.29, 1.82) is 0 Å². The Kier molecular flexibility index (Phi) is 5.20. The second kappa shape index (κ2) is 8.05. The van der Waals surface area contributed by atoms with Gasteiger partial charge in [-0.15, -0.1) is 0 Å². The van der Waals surface area contributed by atoms with Crippen molar-refractivity contribution in [3.8, 4) is 17.1 Å². The maximum atomic E-state index is 12.7. The lowest BCUT2D eigenvalue weighted by Gasteiger charge is -2.39. The molecule has 5 rings (SSSR count). The van der Waals surface area contributed by atoms with Gasteiger partial charge in [0.2, 0.25) is 6.29 Å². The van der Waals surface area contributed by atoms with Gasteiger partial charge in [-0.25, -0.2) is 0 Å². The van der Waals surface area contributed by atoms with Crippen molar-refractivity contribution in [2.24, 2.45) is 0 Å². The van der Waals surface area contributed by atoms with Gasteiger partial charge in [0.05, 0.1) is 23.6 Å². The van der Waals surface area contributed by atoms with Crippen molar-refractivity contribution in [3.63, 3.8) is 0 Å². The lowest BCUT2D eigenvalue weighted by Crippen LogP contribution is -2.60. The van der Waals surface area contributed by atoms with E-state index in [1.54, 1.807) is 42.5 Å². The van der Waals surface area contributed by atoms with Crippen LogP contribution in [0.15, 0.2) is 68.4 Å². The molecule has 0 radical (unpaired) electrons. The minimum Gasteiger partial charge on any atom is -0.464 e. The first kappa shape index (κ1) is 20.7. The summed E-state index contributed by atoms with van der Waals surface area (Å²) in [6, 6.07) is 13.0. The van der Waals surface area contributed by atoms with Gasteiger partial charge >= 0.3 is 0 Å². The molecule has 0 bridgehead atoms. The summed E-state index contributed by atoms with van der Waals surface area (Å²) in [4.78, 5) is 12.7. The molecule has 32 heavy (non-hydrogen) atoms. The molecule has 9 nitrogen and oxygen atoms in total. The van der Waals surface area contributed by atoms with Gasteiger partial charge in [0.15, 0.2) is 5.43 Å². The molecular formula is C23H20O9. The fourth-order valence-corrected chi connectivity index (χ4v) is 3.82. The number of furan rings is 1. The molecule has 9 heteroatoms. The lowest BCUT2D eigenvalue weighted by molar-refractivity contribution is -0.277. The van der Waals surface area contributed by atoms with Crippen molar-refractivity contribution >= 4 is 21.9 Å². The summed E-state index contributed by atoms with van der Waals surface area (Å²) in [6.45, 7) is -0.560. The first-order chi connectivity index (χ1) is 15.5. The van der Waals surface area contributed by atoms with Crippen LogP contribution in [-0.4, -0.2) is 57.7 Å². The van der Waals surface area contributed by atoms with Gasteiger partial charge in [-0.3, -0.25) is 4.79 Å². The highest BCUT2D eigenvalue weighted by Crippen LogP contribution is 2.31. The molecule has 0 spiro atoms. The Morgan fingerprint density at radius 1 is 0.938 bits per heavy atom. The number of fused-ring (bicyclic) bond motifs is 3. The highest BCUT2D eigenvalue weighted by molar-refractivity contribution is 6.02. The Bertz CT molecular complexity index is 1320. The van der Waals surface area contributed by atoms with Crippen LogP contribution in [0.1, 0.15) is 0 Å². The quantitative estimate of drug-likeness (QED) is 0.370. The Morgan fingerprint density at radius 3 is 2.59 bits per heavy atom. The largest absolute Gasteiger partial charge is 0.464 e. The van der Waals surface area contributed by atoms with Gasteiger partial charge in [-0.1, -0.05) is 12.1 Å². The van der Waals surface area contributed by atoms with Crippen LogP contribution in [0.3, 0.4) is 0 Å². The zero-order valence-corrected chi connectivity index (χ0v) is 16.6. The van der Waals surface area contributed by atoms with Crippen LogP contribution in [0.2, 0.25) is 0 Å². The maximum Gasteiger partial charge on any atom is 0.229 e. The zero-order chi connectivity index (χ0) is 22.4. The monoisotopic (exact) mass is 440 g/mol. The third-order valence-electron chi connectivity index (χ3n) is 5.54. The highest BCUT2D eigenvalue weighted by atomic mass is 16.7. The molecule has 0 saturated carbocycles. The predicted octanol–water partition coefficient (Wildman–Crippen LogP) is 1.38. The van der Waals surface area contributed by atoms with E-state index < -0.39 is 37.3 Å². The van der Waals surface area contributed by atoms with E-state index in [0.29, 0.717) is 33.3 Å². The summed E-state index contributed by atoms with van der Waals surface area (Å²) in [7, 11) is 0. The standard InChI is InChI=1S/C23H20O9/c24-10-18-19(26)20(27)21(28)23(32-18)30-12-3-1-2-11(8-12)17-9-15(25)13-4-5-16-14(6-7-29-16)22(13)31-17/h1-9,18-21,23-24,26-28H,10H2. The summed E-state index contributed by atoms with van der Waals surface area (Å²) in [5.74, 6) is 0.562. The predicted molar refractivity (Wildman–Crippen MR) is 112 cm³/mol. The average Bonchev–Trinajstić information content (AvgIpc) is 3.29. The third kappa shape index (κ3) is 3.46. The van der Waals surface area contributed by atoms with Gasteiger partial charge in [-0.2, -0.15) is 0 Å². The lowest BCUT2D eigenvalue weighted by atomic mass is 9.99. The van der Waals surface area contributed by atoms with Crippen LogP contribution in [-0.2, 0) is 4.74 Å². The maximum absolute atomic E-state index is 12.7. The fraction of sp³-hybridized carbons (Fsp3) is 0.261. The normalized spacial score (nSPS) is 25.9. The van der Waals surface area contributed by atoms with Crippen LogP contribution in [0.4, 0.5) is 0 Å². The second-order valence-corrected chi connectivity index (χ2v) is 7.59. The molecule has 5 unspecified atom stereocenters. The molecule has 166 valence electrons. The van der Waals surface area contributed by atoms with E-state index in [9.17, 15) is 25.2 Å². The molecule has 2 aromatic carbocycles. The smallest absolute Gasteiger partial charge is 0.229 e. The molecule has 4 aromatic rings. The van der Waals surface area contributed by atoms with Crippen molar-refractivity contribution in [2.75, 3.05) is 6.61 Å². The Balaban J connectivity index is 1.49. The molecule has 1 aliphatic rings. The number of rotatable bonds is 4. The Morgan fingerprint density at radius 2 is 1.78 bits per heavy atom. The van der Waals surface area contributed by atoms with Crippen LogP contribution in [0.5, 0.6) is 5.75 Å². The molecule has 1 fully saturated rings. The van der Waals surface area contributed by atoms with E-state index in [1.807, 2.05) is 0 Å². The SMILES string of the molecule is O=c1cc(-c2cccc(OC3OC(CO)C(O)C(O)C3O)c2)oc2c1ccc1occc12. The minimum atomic E-state index is -1.55. The molecule has 2 aromatic heterocycles. The molecule has 4 N–H and O–H groups in total. The minimum absolute atomic E-state index is 0.218. The molecule has 0 amide bonds. The number of aliphatic hydroxyl groups is 4. The molecule has 5 atom stereocenters. The van der Waals surface area contributed by atoms with Gasteiger partial charge in [0.25, 0.3) is 0 Å². The van der Waals surface area contributed by atoms with Crippen LogP contribution in [0.25, 0.3) is 33.3 Å². The summed E-state index contributed by atoms with van der Waals surface area (Å²) in [5, 5.41) is 40.5. The first-order valence-corrected chi connectivity index (χ1v) is 9.98. The van der Waals surface area contributed by atoms with Gasteiger partial charge in [0.1, 0.15) is 47.1 Å². The van der Waals surface area contributed by atoms with Gasteiger partial charge in [0, 0.05) is 11.6 Å². The molecule has 1 aliphatic heterocycles. The molecule has 1 saturated heterocycles. The fourth-order valence-electron chi connectivity index (χ4n) is 3.82. The average molecular weight is 440 g/mol. The number of ether oxygens (including phenoxy) is 2. The van der Waals surface area contributed by atoms with E-state index in [-0.39, 0.29) is 11.2 Å². The molecule has 0 aliphatic carbocycles. The summed E-state index contributed by atoms with van der Waals surface area (Å²) in [6.07, 6.45) is -5.46. The Hall–Kier alpha value is -3.21. The van der Waals surface area contributed by atoms with Crippen molar-refractivity contribution in [3.05, 3.63) is 65.0 Å². The van der Waals surface area contributed by atoms with Crippen molar-refractivity contribution in [1.82, 2.24) is 0 Å². The Labute approximate surface area is 180 Å². The number of benzene rings is 2. The zero-order valence-electron chi connectivity index (χ0n) is 16.6. The molecule has 3 heterocycles. The highest BCUT2D eigenvalue weighted by Gasteiger charge is 2.44. The molecular weight excluding hydrogens is 420 g/mol. The van der Waals surface area contributed by atoms with Gasteiger partial charge < -0.3 is 38.7 Å². The van der Waals surface area contributed by atoms with E-state index in [2.05, 4.69) is 0 Å². The second-order valence-electron chi connectivity index (χ2n) is 7.59. The topological polar surface area (TPSA) is 143 Å². The van der Waals surface area contributed by atoms with Crippen LogP contribution in [0, 0.1) is 0 Å². The van der Waals surface area contributed by atoms with Crippen molar-refractivity contribution in [2.45, 2.75) is 30.7 Å². The van der Waals surface area contributed by atoms with E-state index in [0.717, 1.165) is 0 Å². The van der Waals surface area contributed by atoms with Crippen LogP contribution >= 0.6 is 0 Å². The summed E-state index contributed by atoms with van der Waals surface area (Å²) >= 11 is 0. The summed E-state index contributed by atoms with van der Waals surface area (Å²) < 4.78 is 22.5. The number of hydrogen-bond donors (Lipinski definition) is 4. The van der Waals surface area contributed by atoms with E-state index >= 15 is 0 Å². The van der Waals surface area contributed by atoms with Crippen LogP contribution < -0.4 is 10.2 Å². The number of hydrogen-bond acceptors (Lipinski definition) is 9. The van der Waals surface area contributed by atoms with E-state index in [1.165, 1.54) is 12.3 Å². The summed E-state index contributed by atoms with van der Waals surface area (Å²) in [5.41, 5.74) is 1.31. The first-order valence-electron chi connectivity index (χ1n) is 9.98. The third-order valence-corrected chi connectivity index (χ3v) is 5.54. The number of aliphatic hydroxyl groups excluding tert-OH is 4. The van der Waals surface area contributed by atoms with Crippen molar-refractivity contribution < 1.29 is 38.7 Å².